The molecule has 0 fully saturated rings. The Morgan fingerprint density at radius 3 is 2.71 bits per heavy atom. The quantitative estimate of drug-likeness (QED) is 0.864. The number of hydrogen-bond donors (Lipinski definition) is 1. The zero-order valence-electron chi connectivity index (χ0n) is 12.8. The van der Waals surface area contributed by atoms with E-state index >= 15 is 0 Å². The summed E-state index contributed by atoms with van der Waals surface area (Å²) in [5.41, 5.74) is 9.58. The van der Waals surface area contributed by atoms with Crippen molar-refractivity contribution in [3.8, 4) is 5.75 Å². The fourth-order valence-electron chi connectivity index (χ4n) is 2.46. The molecule has 0 aliphatic rings. The third-order valence-corrected chi connectivity index (χ3v) is 4.52. The fraction of sp³-hybridized carbons (Fsp3) is 0.438. The van der Waals surface area contributed by atoms with E-state index in [0.717, 1.165) is 40.1 Å². The monoisotopic (exact) mass is 351 g/mol. The molecular weight excluding hydrogens is 330 g/mol. The summed E-state index contributed by atoms with van der Waals surface area (Å²) >= 11 is 3.62. The van der Waals surface area contributed by atoms with E-state index in [1.54, 1.807) is 0 Å². The van der Waals surface area contributed by atoms with E-state index in [4.69, 9.17) is 10.5 Å². The van der Waals surface area contributed by atoms with Gasteiger partial charge in [0.1, 0.15) is 5.75 Å². The predicted molar refractivity (Wildman–Crippen MR) is 88.6 cm³/mol. The lowest BCUT2D eigenvalue weighted by Gasteiger charge is -2.17. The Morgan fingerprint density at radius 1 is 1.33 bits per heavy atom. The molecule has 0 saturated carbocycles. The van der Waals surface area contributed by atoms with E-state index in [-0.39, 0.29) is 6.04 Å². The van der Waals surface area contributed by atoms with Gasteiger partial charge in [0.15, 0.2) is 0 Å². The van der Waals surface area contributed by atoms with Gasteiger partial charge >= 0.3 is 0 Å². The molecule has 0 spiro atoms. The summed E-state index contributed by atoms with van der Waals surface area (Å²) < 4.78 is 8.73. The Labute approximate surface area is 134 Å². The average molecular weight is 352 g/mol. The van der Waals surface area contributed by atoms with Crippen molar-refractivity contribution in [1.82, 2.24) is 9.78 Å². The molecule has 1 aromatic carbocycles. The zero-order valence-corrected chi connectivity index (χ0v) is 14.4. The van der Waals surface area contributed by atoms with Crippen molar-refractivity contribution in [2.75, 3.05) is 6.61 Å². The molecule has 4 nitrogen and oxygen atoms in total. The largest absolute Gasteiger partial charge is 0.494 e. The second-order valence-corrected chi connectivity index (χ2v) is 5.74. The van der Waals surface area contributed by atoms with E-state index < -0.39 is 0 Å². The van der Waals surface area contributed by atoms with Crippen molar-refractivity contribution in [2.24, 2.45) is 5.73 Å². The molecule has 21 heavy (non-hydrogen) atoms. The van der Waals surface area contributed by atoms with Gasteiger partial charge in [-0.25, -0.2) is 0 Å². The minimum Gasteiger partial charge on any atom is -0.494 e. The van der Waals surface area contributed by atoms with Gasteiger partial charge in [-0.3, -0.25) is 4.68 Å². The first-order valence-corrected chi connectivity index (χ1v) is 8.06. The number of aromatic nitrogens is 2. The highest BCUT2D eigenvalue weighted by Gasteiger charge is 2.18. The van der Waals surface area contributed by atoms with Crippen LogP contribution in [0.2, 0.25) is 0 Å². The number of benzene rings is 1. The minimum absolute atomic E-state index is 0.120. The molecule has 0 aliphatic heterocycles. The van der Waals surface area contributed by atoms with Gasteiger partial charge in [0.25, 0.3) is 0 Å². The normalized spacial score (nSPS) is 12.4. The number of nitrogens with two attached hydrogens (primary N) is 1. The van der Waals surface area contributed by atoms with Crippen LogP contribution in [0.5, 0.6) is 5.75 Å². The van der Waals surface area contributed by atoms with Gasteiger partial charge < -0.3 is 10.5 Å². The van der Waals surface area contributed by atoms with Crippen LogP contribution < -0.4 is 10.5 Å². The first-order chi connectivity index (χ1) is 10.1. The van der Waals surface area contributed by atoms with Crippen LogP contribution in [0.4, 0.5) is 0 Å². The van der Waals surface area contributed by atoms with Crippen LogP contribution in [0.25, 0.3) is 0 Å². The summed E-state index contributed by atoms with van der Waals surface area (Å²) in [7, 11) is 0. The maximum absolute atomic E-state index is 6.42. The maximum atomic E-state index is 6.42. The van der Waals surface area contributed by atoms with Crippen molar-refractivity contribution < 1.29 is 4.74 Å². The Bertz CT molecular complexity index is 610. The van der Waals surface area contributed by atoms with E-state index in [1.807, 2.05) is 42.8 Å². The second kappa shape index (κ2) is 7.09. The average Bonchev–Trinajstić information content (AvgIpc) is 2.76. The molecule has 114 valence electrons. The Balaban J connectivity index is 2.28. The van der Waals surface area contributed by atoms with Gasteiger partial charge in [-0.2, -0.15) is 5.10 Å². The van der Waals surface area contributed by atoms with Crippen LogP contribution in [0.3, 0.4) is 0 Å². The number of rotatable bonds is 6. The summed E-state index contributed by atoms with van der Waals surface area (Å²) in [6, 6.07) is 7.84. The van der Waals surface area contributed by atoms with Gasteiger partial charge in [-0.05, 0) is 42.8 Å². The molecule has 2 N–H and O–H groups in total. The van der Waals surface area contributed by atoms with E-state index in [2.05, 4.69) is 28.0 Å². The molecule has 2 aromatic rings. The van der Waals surface area contributed by atoms with Crippen molar-refractivity contribution in [2.45, 2.75) is 39.8 Å². The molecule has 1 unspecified atom stereocenters. The third-order valence-electron chi connectivity index (χ3n) is 3.48. The van der Waals surface area contributed by atoms with Gasteiger partial charge in [0, 0.05) is 24.6 Å². The van der Waals surface area contributed by atoms with Crippen LogP contribution in [0.15, 0.2) is 28.7 Å². The highest BCUT2D eigenvalue weighted by molar-refractivity contribution is 9.10. The zero-order chi connectivity index (χ0) is 15.4. The summed E-state index contributed by atoms with van der Waals surface area (Å²) in [6.45, 7) is 7.54. The molecule has 1 aromatic heterocycles. The number of aryl methyl sites for hydroxylation is 2. The van der Waals surface area contributed by atoms with E-state index in [1.165, 1.54) is 0 Å². The second-order valence-electron chi connectivity index (χ2n) is 4.94. The van der Waals surface area contributed by atoms with Gasteiger partial charge in [-0.15, -0.1) is 0 Å². The molecule has 5 heteroatoms. The van der Waals surface area contributed by atoms with Crippen LogP contribution in [-0.4, -0.2) is 16.4 Å². The Morgan fingerprint density at radius 2 is 2.05 bits per heavy atom. The maximum Gasteiger partial charge on any atom is 0.124 e. The molecular formula is C16H22BrN3O. The lowest BCUT2D eigenvalue weighted by molar-refractivity contribution is 0.334. The van der Waals surface area contributed by atoms with E-state index in [9.17, 15) is 0 Å². The van der Waals surface area contributed by atoms with Gasteiger partial charge in [-0.1, -0.05) is 18.2 Å². The highest BCUT2D eigenvalue weighted by Crippen LogP contribution is 2.29. The Hall–Kier alpha value is -1.33. The number of nitrogens with zero attached hydrogens (tertiary/aromatic N) is 2. The molecule has 0 amide bonds. The van der Waals surface area contributed by atoms with Crippen LogP contribution in [0, 0.1) is 6.92 Å². The van der Waals surface area contributed by atoms with E-state index in [0.29, 0.717) is 6.61 Å². The topological polar surface area (TPSA) is 53.1 Å². The summed E-state index contributed by atoms with van der Waals surface area (Å²) in [5.74, 6) is 0.864. The SMILES string of the molecule is CCOc1ccccc1C(N)Cc1c(Br)c(C)nn1CC. The number of para-hydroxylation sites is 1. The van der Waals surface area contributed by atoms with Crippen LogP contribution in [-0.2, 0) is 13.0 Å². The number of hydrogen-bond acceptors (Lipinski definition) is 3. The highest BCUT2D eigenvalue weighted by atomic mass is 79.9. The van der Waals surface area contributed by atoms with Crippen molar-refractivity contribution >= 4 is 15.9 Å². The standard InChI is InChI=1S/C16H22BrN3O/c1-4-20-14(16(17)11(3)19-20)10-13(18)12-8-6-7-9-15(12)21-5-2/h6-9,13H,4-5,10,18H2,1-3H3. The number of halogens is 1. The van der Waals surface area contributed by atoms with Gasteiger partial charge in [0.05, 0.1) is 22.5 Å². The number of ether oxygens (including phenoxy) is 1. The first kappa shape index (κ1) is 16.0. The molecule has 0 saturated heterocycles. The summed E-state index contributed by atoms with van der Waals surface area (Å²) in [5, 5.41) is 4.52. The molecule has 1 atom stereocenters. The van der Waals surface area contributed by atoms with Crippen molar-refractivity contribution in [3.63, 3.8) is 0 Å². The molecule has 0 radical (unpaired) electrons. The lowest BCUT2D eigenvalue weighted by atomic mass is 10.0. The smallest absolute Gasteiger partial charge is 0.124 e. The third kappa shape index (κ3) is 3.47. The predicted octanol–water partition coefficient (Wildman–Crippen LogP) is 3.62. The molecule has 0 aliphatic carbocycles. The Kier molecular flexibility index (Phi) is 5.42. The van der Waals surface area contributed by atoms with Gasteiger partial charge in [0.2, 0.25) is 0 Å². The molecule has 2 rings (SSSR count). The lowest BCUT2D eigenvalue weighted by Crippen LogP contribution is -2.17. The minimum atomic E-state index is -0.120. The van der Waals surface area contributed by atoms with Crippen LogP contribution >= 0.6 is 15.9 Å². The molecule has 0 bridgehead atoms. The fourth-order valence-corrected chi connectivity index (χ4v) is 2.90. The first-order valence-electron chi connectivity index (χ1n) is 7.27. The van der Waals surface area contributed by atoms with Crippen LogP contribution in [0.1, 0.15) is 36.8 Å². The van der Waals surface area contributed by atoms with Crippen molar-refractivity contribution in [3.05, 3.63) is 45.7 Å². The summed E-state index contributed by atoms with van der Waals surface area (Å²) in [6.07, 6.45) is 0.722. The molecule has 1 heterocycles. The summed E-state index contributed by atoms with van der Waals surface area (Å²) in [4.78, 5) is 0. The van der Waals surface area contributed by atoms with Crippen molar-refractivity contribution in [1.29, 1.82) is 0 Å².